The van der Waals surface area contributed by atoms with E-state index in [1.807, 2.05) is 13.8 Å². The Morgan fingerprint density at radius 2 is 1.62 bits per heavy atom. The Morgan fingerprint density at radius 3 is 2.00 bits per heavy atom. The van der Waals surface area contributed by atoms with Crippen molar-refractivity contribution in [3.63, 3.8) is 0 Å². The molecule has 0 saturated heterocycles. The summed E-state index contributed by atoms with van der Waals surface area (Å²) >= 11 is 0. The first-order valence-electron chi connectivity index (χ1n) is 5.52. The van der Waals surface area contributed by atoms with E-state index < -0.39 is 24.0 Å². The van der Waals surface area contributed by atoms with Crippen LogP contribution in [0.2, 0.25) is 0 Å². The Bertz CT molecular complexity index is 241. The molecule has 0 rings (SSSR count). The van der Waals surface area contributed by atoms with Gasteiger partial charge in [-0.05, 0) is 33.4 Å². The molecule has 5 heteroatoms. The summed E-state index contributed by atoms with van der Waals surface area (Å²) in [4.78, 5) is 23.0. The van der Waals surface area contributed by atoms with Gasteiger partial charge in [0.1, 0.15) is 12.1 Å². The maximum atomic E-state index is 11.6. The van der Waals surface area contributed by atoms with E-state index in [0.29, 0.717) is 12.3 Å². The van der Waals surface area contributed by atoms with E-state index in [2.05, 4.69) is 10.6 Å². The zero-order valence-electron chi connectivity index (χ0n) is 10.7. The van der Waals surface area contributed by atoms with Gasteiger partial charge in [0.25, 0.3) is 0 Å². The van der Waals surface area contributed by atoms with Crippen molar-refractivity contribution in [2.75, 3.05) is 14.1 Å². The second-order valence-corrected chi connectivity index (χ2v) is 4.22. The molecule has 0 fully saturated rings. The molecule has 0 unspecified atom stereocenters. The summed E-state index contributed by atoms with van der Waals surface area (Å²) in [5.41, 5.74) is 0. The summed E-state index contributed by atoms with van der Waals surface area (Å²) in [5.74, 6) is -0.693. The first kappa shape index (κ1) is 15.1. The van der Waals surface area contributed by atoms with Crippen LogP contribution in [0.15, 0.2) is 0 Å². The zero-order valence-corrected chi connectivity index (χ0v) is 10.7. The molecule has 2 N–H and O–H groups in total. The Hall–Kier alpha value is -0.940. The minimum atomic E-state index is -0.545. The lowest BCUT2D eigenvalue weighted by atomic mass is 10.0. The average Bonchev–Trinajstić information content (AvgIpc) is 2.23. The Morgan fingerprint density at radius 1 is 1.06 bits per heavy atom. The minimum absolute atomic E-state index is 0.363. The Balaban J connectivity index is 4.26. The summed E-state index contributed by atoms with van der Waals surface area (Å²) in [7, 11) is 3.32. The third-order valence-corrected chi connectivity index (χ3v) is 2.33. The number of carbonyl (C=O) groups excluding carboxylic acids is 2. The van der Waals surface area contributed by atoms with Crippen LogP contribution in [0.5, 0.6) is 0 Å². The molecule has 5 nitrogen and oxygen atoms in total. The van der Waals surface area contributed by atoms with Gasteiger partial charge in [0, 0.05) is 0 Å². The van der Waals surface area contributed by atoms with Crippen molar-refractivity contribution in [3.8, 4) is 0 Å². The number of esters is 2. The number of rotatable bonds is 6. The van der Waals surface area contributed by atoms with Crippen LogP contribution in [0.25, 0.3) is 0 Å². The Kier molecular flexibility index (Phi) is 6.92. The fourth-order valence-electron chi connectivity index (χ4n) is 1.18. The summed E-state index contributed by atoms with van der Waals surface area (Å²) in [5, 5.41) is 5.57. The molecular weight excluding hydrogens is 208 g/mol. The summed E-state index contributed by atoms with van der Waals surface area (Å²) in [6, 6.07) is -0.895. The molecule has 0 heterocycles. The number of carbonyl (C=O) groups is 2. The largest absolute Gasteiger partial charge is 0.391 e. The van der Waals surface area contributed by atoms with E-state index in [-0.39, 0.29) is 0 Å². The second-order valence-electron chi connectivity index (χ2n) is 4.22. The first-order chi connectivity index (χ1) is 7.42. The van der Waals surface area contributed by atoms with Gasteiger partial charge in [0.2, 0.25) is 0 Å². The molecular formula is C11H22N2O3. The highest BCUT2D eigenvalue weighted by molar-refractivity contribution is 5.90. The van der Waals surface area contributed by atoms with Gasteiger partial charge < -0.3 is 15.4 Å². The van der Waals surface area contributed by atoms with Crippen LogP contribution in [0.3, 0.4) is 0 Å². The van der Waals surface area contributed by atoms with Crippen LogP contribution in [0.4, 0.5) is 0 Å². The average molecular weight is 230 g/mol. The van der Waals surface area contributed by atoms with Gasteiger partial charge in [-0.25, -0.2) is 9.59 Å². The predicted molar refractivity (Wildman–Crippen MR) is 61.9 cm³/mol. The normalized spacial score (nSPS) is 14.6. The topological polar surface area (TPSA) is 67.4 Å². The highest BCUT2D eigenvalue weighted by atomic mass is 16.6. The van der Waals surface area contributed by atoms with Crippen LogP contribution >= 0.6 is 0 Å². The number of hydrogen-bond acceptors (Lipinski definition) is 5. The molecule has 94 valence electrons. The molecule has 0 spiro atoms. The van der Waals surface area contributed by atoms with E-state index in [0.717, 1.165) is 0 Å². The van der Waals surface area contributed by atoms with Crippen molar-refractivity contribution >= 4 is 11.9 Å². The molecule has 0 bridgehead atoms. The van der Waals surface area contributed by atoms with E-state index in [1.165, 1.54) is 0 Å². The maximum Gasteiger partial charge on any atom is 0.330 e. The van der Waals surface area contributed by atoms with E-state index in [1.54, 1.807) is 21.0 Å². The Labute approximate surface area is 96.9 Å². The SMILES string of the molecule is CN[C@@H](CC(C)C)C(=O)OC(=O)[C@@H](C)NC. The molecule has 0 aromatic rings. The minimum Gasteiger partial charge on any atom is -0.391 e. The van der Waals surface area contributed by atoms with Crippen molar-refractivity contribution in [1.82, 2.24) is 10.6 Å². The van der Waals surface area contributed by atoms with Gasteiger partial charge in [-0.2, -0.15) is 0 Å². The zero-order chi connectivity index (χ0) is 12.7. The lowest BCUT2D eigenvalue weighted by Crippen LogP contribution is -2.41. The van der Waals surface area contributed by atoms with Crippen molar-refractivity contribution in [2.45, 2.75) is 39.3 Å². The molecule has 0 amide bonds. The van der Waals surface area contributed by atoms with Crippen LogP contribution in [0.1, 0.15) is 27.2 Å². The number of hydrogen-bond donors (Lipinski definition) is 2. The quantitative estimate of drug-likeness (QED) is 0.507. The van der Waals surface area contributed by atoms with Crippen molar-refractivity contribution in [1.29, 1.82) is 0 Å². The molecule has 0 aliphatic carbocycles. The summed E-state index contributed by atoms with van der Waals surface area (Å²) in [6.07, 6.45) is 0.649. The van der Waals surface area contributed by atoms with Gasteiger partial charge in [0.05, 0.1) is 0 Å². The van der Waals surface area contributed by atoms with E-state index in [9.17, 15) is 9.59 Å². The smallest absolute Gasteiger partial charge is 0.330 e. The summed E-state index contributed by atoms with van der Waals surface area (Å²) in [6.45, 7) is 5.66. The highest BCUT2D eigenvalue weighted by Crippen LogP contribution is 2.06. The fourth-order valence-corrected chi connectivity index (χ4v) is 1.18. The number of nitrogens with one attached hydrogen (secondary N) is 2. The molecule has 0 radical (unpaired) electrons. The molecule has 0 aromatic carbocycles. The molecule has 2 atom stereocenters. The van der Waals surface area contributed by atoms with Crippen molar-refractivity contribution in [2.24, 2.45) is 5.92 Å². The third-order valence-electron chi connectivity index (χ3n) is 2.33. The first-order valence-corrected chi connectivity index (χ1v) is 5.52. The molecule has 0 aliphatic heterocycles. The standard InChI is InChI=1S/C11H22N2O3/c1-7(2)6-9(13-5)11(15)16-10(14)8(3)12-4/h7-9,12-13H,6H2,1-5H3/t8-,9+/m1/s1. The number of ether oxygens (including phenoxy) is 1. The highest BCUT2D eigenvalue weighted by Gasteiger charge is 2.24. The van der Waals surface area contributed by atoms with Crippen LogP contribution in [-0.2, 0) is 14.3 Å². The molecule has 0 aliphatic rings. The molecule has 0 saturated carbocycles. The second kappa shape index (κ2) is 7.35. The van der Waals surface area contributed by atoms with E-state index >= 15 is 0 Å². The van der Waals surface area contributed by atoms with Crippen LogP contribution in [-0.4, -0.2) is 38.1 Å². The van der Waals surface area contributed by atoms with Crippen LogP contribution in [0, 0.1) is 5.92 Å². The fraction of sp³-hybridized carbons (Fsp3) is 0.818. The van der Waals surface area contributed by atoms with Crippen molar-refractivity contribution in [3.05, 3.63) is 0 Å². The maximum absolute atomic E-state index is 11.6. The lowest BCUT2D eigenvalue weighted by molar-refractivity contribution is -0.162. The van der Waals surface area contributed by atoms with Gasteiger partial charge in [-0.3, -0.25) is 0 Å². The van der Waals surface area contributed by atoms with Crippen molar-refractivity contribution < 1.29 is 14.3 Å². The van der Waals surface area contributed by atoms with Crippen LogP contribution < -0.4 is 10.6 Å². The number of likely N-dealkylation sites (N-methyl/N-ethyl adjacent to an activating group) is 2. The summed E-state index contributed by atoms with van der Waals surface area (Å²) < 4.78 is 4.75. The van der Waals surface area contributed by atoms with Gasteiger partial charge >= 0.3 is 11.9 Å². The van der Waals surface area contributed by atoms with Gasteiger partial charge in [-0.1, -0.05) is 13.8 Å². The third kappa shape index (κ3) is 5.23. The van der Waals surface area contributed by atoms with E-state index in [4.69, 9.17) is 4.74 Å². The van der Waals surface area contributed by atoms with Gasteiger partial charge in [-0.15, -0.1) is 0 Å². The molecule has 16 heavy (non-hydrogen) atoms. The predicted octanol–water partition coefficient (Wildman–Crippen LogP) is 0.298. The monoisotopic (exact) mass is 230 g/mol. The molecule has 0 aromatic heterocycles. The lowest BCUT2D eigenvalue weighted by Gasteiger charge is -2.17. The van der Waals surface area contributed by atoms with Gasteiger partial charge in [0.15, 0.2) is 0 Å².